The number of imidazole rings is 1. The maximum absolute atomic E-state index is 14.1. The number of aliphatic hydroxyl groups excluding tert-OH is 2. The van der Waals surface area contributed by atoms with Crippen LogP contribution in [0.3, 0.4) is 0 Å². The lowest BCUT2D eigenvalue weighted by Crippen LogP contribution is -2.57. The molecule has 6 aromatic rings. The Morgan fingerprint density at radius 2 is 1.36 bits per heavy atom. The quantitative estimate of drug-likeness (QED) is 0.0349. The van der Waals surface area contributed by atoms with Crippen molar-refractivity contribution >= 4 is 59.3 Å². The maximum atomic E-state index is 14.1. The molecule has 1 aliphatic rings. The molecule has 0 bridgehead atoms. The van der Waals surface area contributed by atoms with Crippen molar-refractivity contribution in [3.8, 4) is 0 Å². The Kier molecular flexibility index (Phi) is 16.0. The van der Waals surface area contributed by atoms with E-state index in [1.54, 1.807) is 24.3 Å². The van der Waals surface area contributed by atoms with Crippen LogP contribution in [0, 0.1) is 0 Å². The highest BCUT2D eigenvalue weighted by Gasteiger charge is 2.45. The fourth-order valence-electron chi connectivity index (χ4n) is 7.81. The predicted octanol–water partition coefficient (Wildman–Crippen LogP) is 2.56. The van der Waals surface area contributed by atoms with Crippen molar-refractivity contribution in [2.24, 2.45) is 0 Å². The van der Waals surface area contributed by atoms with Crippen molar-refractivity contribution in [2.75, 3.05) is 18.5 Å². The van der Waals surface area contributed by atoms with Gasteiger partial charge in [0, 0.05) is 19.4 Å². The summed E-state index contributed by atoms with van der Waals surface area (Å²) in [6.07, 6.45) is -2.02. The van der Waals surface area contributed by atoms with Gasteiger partial charge >= 0.3 is 13.8 Å². The molecule has 3 heterocycles. The molecule has 7 rings (SSSR count). The molecule has 2 aromatic heterocycles. The first-order valence-electron chi connectivity index (χ1n) is 21.5. The first-order valence-corrected chi connectivity index (χ1v) is 23.1. The minimum atomic E-state index is -4.87. The second-order valence-corrected chi connectivity index (χ2v) is 17.4. The Labute approximate surface area is 384 Å². The molecule has 21 heteroatoms. The predicted molar refractivity (Wildman–Crippen MR) is 243 cm³/mol. The topological polar surface area (TPSA) is 297 Å². The number of fused-ring (bicyclic) bond motifs is 2. The fraction of sp³-hybridized carbons (Fsp3) is 0.326. The number of nitrogens with zero attached hydrogens (tertiary/aromatic N) is 4. The number of benzene rings is 4. The van der Waals surface area contributed by atoms with E-state index in [0.717, 1.165) is 21.9 Å². The Hall–Kier alpha value is -6.64. The minimum Gasteiger partial charge on any atom is -0.480 e. The number of phosphoric ester groups is 1. The van der Waals surface area contributed by atoms with Gasteiger partial charge in [-0.1, -0.05) is 103 Å². The molecular weight excluding hydrogens is 888 g/mol. The second kappa shape index (κ2) is 22.2. The number of rotatable bonds is 22. The number of carbonyl (C=O) groups is 4. The lowest BCUT2D eigenvalue weighted by molar-refractivity contribution is -0.142. The molecular formula is C46H51N8O12P. The number of carbonyl (C=O) groups excluding carboxylic acids is 3. The SMILES string of the molecule is O=C(Cc1ccc2ccccc2c1)N[C@@H](Cc1ccccc1)C(=O)N[C@@H](Cc1ccccc1)C(=O)N[C@@H](CCCCNc1ncnc2c1ncn2[C@@H]1O[C@H](COP(=O)(O)O)[C@@H](O)[C@H]1O)C(=O)O. The molecule has 20 nitrogen and oxygen atoms in total. The molecule has 7 atom stereocenters. The zero-order valence-corrected chi connectivity index (χ0v) is 36.9. The van der Waals surface area contributed by atoms with Gasteiger partial charge in [0.15, 0.2) is 23.2 Å². The molecule has 0 aliphatic carbocycles. The van der Waals surface area contributed by atoms with Crippen LogP contribution in [0.5, 0.6) is 0 Å². The average molecular weight is 939 g/mol. The van der Waals surface area contributed by atoms with E-state index in [4.69, 9.17) is 14.5 Å². The van der Waals surface area contributed by atoms with Gasteiger partial charge in [-0.2, -0.15) is 0 Å². The zero-order valence-electron chi connectivity index (χ0n) is 36.0. The smallest absolute Gasteiger partial charge is 0.469 e. The van der Waals surface area contributed by atoms with E-state index < -0.39 is 80.8 Å². The van der Waals surface area contributed by atoms with Crippen LogP contribution in [-0.2, 0) is 52.3 Å². The van der Waals surface area contributed by atoms with E-state index in [1.807, 2.05) is 78.9 Å². The standard InChI is InChI=1S/C46H51N8O12P/c55-37(24-30-18-19-31-15-7-8-16-32(31)21-30)51-34(22-28-11-3-1-4-12-28)43(58)53-35(23-29-13-5-2-6-14-29)44(59)52-33(46(60)61)17-9-10-20-47-41-38-42(49-26-48-41)54(27-50-38)45-40(57)39(56)36(66-45)25-65-67(62,63)64/h1-8,11-16,18-19,21,26-27,33-36,39-40,45,56-57H,9-10,17,20,22-25H2,(H,51,55)(H,52,59)(H,53,58)(H,60,61)(H,47,48,49)(H2,62,63,64)/t33-,34-,35-,36+,39+,40+,45+/m0/s1. The van der Waals surface area contributed by atoms with Crippen LogP contribution in [0.2, 0.25) is 0 Å². The van der Waals surface area contributed by atoms with E-state index in [-0.39, 0.29) is 36.8 Å². The highest BCUT2D eigenvalue weighted by molar-refractivity contribution is 7.46. The lowest BCUT2D eigenvalue weighted by Gasteiger charge is -2.25. The molecule has 1 fully saturated rings. The monoisotopic (exact) mass is 938 g/mol. The fourth-order valence-corrected chi connectivity index (χ4v) is 8.16. The Morgan fingerprint density at radius 3 is 2.01 bits per heavy atom. The number of aliphatic carboxylic acids is 1. The van der Waals surface area contributed by atoms with Gasteiger partial charge in [-0.3, -0.25) is 23.5 Å². The van der Waals surface area contributed by atoms with Crippen molar-refractivity contribution in [1.82, 2.24) is 35.5 Å². The Morgan fingerprint density at radius 1 is 0.731 bits per heavy atom. The van der Waals surface area contributed by atoms with Gasteiger partial charge in [0.05, 0.1) is 19.4 Å². The number of unbranched alkanes of at least 4 members (excludes halogenated alkanes) is 1. The van der Waals surface area contributed by atoms with Gasteiger partial charge in [-0.25, -0.2) is 24.3 Å². The van der Waals surface area contributed by atoms with Crippen molar-refractivity contribution in [1.29, 1.82) is 0 Å². The number of carboxylic acid groups (broad SMARTS) is 1. The normalized spacial score (nSPS) is 18.5. The lowest BCUT2D eigenvalue weighted by atomic mass is 10.0. The number of hydrogen-bond donors (Lipinski definition) is 9. The first kappa shape index (κ1) is 48.3. The van der Waals surface area contributed by atoms with Crippen molar-refractivity contribution in [2.45, 2.75) is 81.2 Å². The number of anilines is 1. The summed E-state index contributed by atoms with van der Waals surface area (Å²) >= 11 is 0. The van der Waals surface area contributed by atoms with Crippen LogP contribution in [-0.4, -0.2) is 118 Å². The third kappa shape index (κ3) is 13.0. The van der Waals surface area contributed by atoms with Crippen LogP contribution in [0.25, 0.3) is 21.9 Å². The van der Waals surface area contributed by atoms with Crippen molar-refractivity contribution in [3.05, 3.63) is 132 Å². The molecule has 1 aliphatic heterocycles. The van der Waals surface area contributed by atoms with Crippen LogP contribution in [0.4, 0.5) is 5.82 Å². The minimum absolute atomic E-state index is 0.0118. The number of carboxylic acids is 1. The van der Waals surface area contributed by atoms with E-state index in [1.165, 1.54) is 17.2 Å². The average Bonchev–Trinajstić information content (AvgIpc) is 3.87. The van der Waals surface area contributed by atoms with Crippen LogP contribution in [0.15, 0.2) is 116 Å². The molecule has 0 spiro atoms. The summed E-state index contributed by atoms with van der Waals surface area (Å²) in [6, 6.07) is 28.0. The largest absolute Gasteiger partial charge is 0.480 e. The molecule has 3 amide bonds. The maximum Gasteiger partial charge on any atom is 0.469 e. The molecule has 1 saturated heterocycles. The van der Waals surface area contributed by atoms with E-state index in [2.05, 4.69) is 40.7 Å². The summed E-state index contributed by atoms with van der Waals surface area (Å²) in [5.41, 5.74) is 2.75. The first-order chi connectivity index (χ1) is 32.2. The number of aromatic nitrogens is 4. The van der Waals surface area contributed by atoms with Crippen LogP contribution in [0.1, 0.15) is 42.2 Å². The summed E-state index contributed by atoms with van der Waals surface area (Å²) in [4.78, 5) is 85.0. The number of nitrogens with one attached hydrogen (secondary N) is 4. The zero-order chi connectivity index (χ0) is 47.5. The number of hydrogen-bond acceptors (Lipinski definition) is 13. The summed E-state index contributed by atoms with van der Waals surface area (Å²) in [7, 11) is -4.87. The number of aliphatic hydroxyl groups is 2. The Bertz CT molecular complexity index is 2710. The van der Waals surface area contributed by atoms with Crippen LogP contribution >= 0.6 is 7.82 Å². The number of ether oxygens (including phenoxy) is 1. The third-order valence-electron chi connectivity index (χ3n) is 11.2. The number of phosphoric acid groups is 1. The van der Waals surface area contributed by atoms with E-state index in [0.29, 0.717) is 30.8 Å². The summed E-state index contributed by atoms with van der Waals surface area (Å²) in [6.45, 7) is -0.389. The third-order valence-corrected chi connectivity index (χ3v) is 11.7. The van der Waals surface area contributed by atoms with Gasteiger partial charge in [0.1, 0.15) is 42.8 Å². The van der Waals surface area contributed by atoms with Crippen LogP contribution < -0.4 is 21.3 Å². The second-order valence-electron chi connectivity index (χ2n) is 16.1. The number of amides is 3. The molecule has 0 unspecified atom stereocenters. The highest BCUT2D eigenvalue weighted by atomic mass is 31.2. The van der Waals surface area contributed by atoms with Gasteiger partial charge in [0.2, 0.25) is 17.7 Å². The van der Waals surface area contributed by atoms with Gasteiger partial charge in [-0.05, 0) is 46.7 Å². The molecule has 352 valence electrons. The molecule has 4 aromatic carbocycles. The highest BCUT2D eigenvalue weighted by Crippen LogP contribution is 2.39. The summed E-state index contributed by atoms with van der Waals surface area (Å²) < 4.78 is 22.6. The van der Waals surface area contributed by atoms with E-state index >= 15 is 0 Å². The van der Waals surface area contributed by atoms with E-state index in [9.17, 15) is 39.1 Å². The van der Waals surface area contributed by atoms with Crippen molar-refractivity contribution < 1.29 is 58.1 Å². The molecule has 9 N–H and O–H groups in total. The summed E-state index contributed by atoms with van der Waals surface area (Å²) in [5.74, 6) is -2.69. The van der Waals surface area contributed by atoms with Gasteiger partial charge in [-0.15, -0.1) is 0 Å². The molecule has 67 heavy (non-hydrogen) atoms. The molecule has 0 saturated carbocycles. The Balaban J connectivity index is 0.969. The van der Waals surface area contributed by atoms with Crippen molar-refractivity contribution in [3.63, 3.8) is 0 Å². The summed E-state index contributed by atoms with van der Waals surface area (Å²) in [5, 5.41) is 44.7. The van der Waals surface area contributed by atoms with Gasteiger partial charge < -0.3 is 51.1 Å². The molecule has 0 radical (unpaired) electrons. The van der Waals surface area contributed by atoms with Gasteiger partial charge in [0.25, 0.3) is 0 Å².